The van der Waals surface area contributed by atoms with Crippen LogP contribution in [0.5, 0.6) is 0 Å². The molecule has 1 atom stereocenters. The summed E-state index contributed by atoms with van der Waals surface area (Å²) in [4.78, 5) is 7.00. The highest BCUT2D eigenvalue weighted by atomic mass is 79.9. The van der Waals surface area contributed by atoms with Gasteiger partial charge in [0.2, 0.25) is 0 Å². The van der Waals surface area contributed by atoms with Crippen LogP contribution in [0, 0.1) is 5.92 Å². The summed E-state index contributed by atoms with van der Waals surface area (Å²) >= 11 is 3.56. The fraction of sp³-hybridized carbons (Fsp3) is 0.667. The van der Waals surface area contributed by atoms with Gasteiger partial charge in [-0.3, -0.25) is 9.88 Å². The lowest BCUT2D eigenvalue weighted by molar-refractivity contribution is 0.0212. The van der Waals surface area contributed by atoms with Crippen molar-refractivity contribution in [3.8, 4) is 0 Å². The van der Waals surface area contributed by atoms with Crippen LogP contribution in [0.25, 0.3) is 0 Å². The molecular weight excluding hydrogens is 318 g/mol. The van der Waals surface area contributed by atoms with Crippen molar-refractivity contribution in [3.63, 3.8) is 0 Å². The van der Waals surface area contributed by atoms with E-state index in [4.69, 9.17) is 4.74 Å². The molecule has 0 amide bonds. The van der Waals surface area contributed by atoms with E-state index in [0.717, 1.165) is 56.7 Å². The van der Waals surface area contributed by atoms with E-state index in [2.05, 4.69) is 37.2 Å². The second-order valence-corrected chi connectivity index (χ2v) is 6.53. The lowest BCUT2D eigenvalue weighted by Gasteiger charge is -2.41. The number of hydrogen-bond acceptors (Lipinski definition) is 4. The Bertz CT molecular complexity index is 413. The van der Waals surface area contributed by atoms with Gasteiger partial charge in [0.05, 0.1) is 0 Å². The predicted molar refractivity (Wildman–Crippen MR) is 82.7 cm³/mol. The van der Waals surface area contributed by atoms with Crippen LogP contribution in [0.2, 0.25) is 0 Å². The number of pyridine rings is 1. The fourth-order valence-corrected chi connectivity index (χ4v) is 3.75. The summed E-state index contributed by atoms with van der Waals surface area (Å²) in [5.41, 5.74) is 1.34. The van der Waals surface area contributed by atoms with Gasteiger partial charge in [-0.2, -0.15) is 0 Å². The van der Waals surface area contributed by atoms with Crippen molar-refractivity contribution in [2.45, 2.75) is 18.9 Å². The first-order chi connectivity index (χ1) is 9.84. The molecule has 2 aliphatic heterocycles. The van der Waals surface area contributed by atoms with Crippen LogP contribution < -0.4 is 5.32 Å². The van der Waals surface area contributed by atoms with Crippen molar-refractivity contribution in [3.05, 3.63) is 28.5 Å². The van der Waals surface area contributed by atoms with Gasteiger partial charge in [0, 0.05) is 62.3 Å². The van der Waals surface area contributed by atoms with Gasteiger partial charge in [-0.25, -0.2) is 0 Å². The van der Waals surface area contributed by atoms with Gasteiger partial charge in [-0.1, -0.05) is 0 Å². The van der Waals surface area contributed by atoms with E-state index in [1.807, 2.05) is 12.4 Å². The highest BCUT2D eigenvalue weighted by Gasteiger charge is 2.31. The van der Waals surface area contributed by atoms with E-state index in [1.165, 1.54) is 5.56 Å². The average Bonchev–Trinajstić information content (AvgIpc) is 2.50. The molecule has 0 saturated carbocycles. The van der Waals surface area contributed by atoms with Crippen molar-refractivity contribution in [1.29, 1.82) is 0 Å². The van der Waals surface area contributed by atoms with Gasteiger partial charge in [0.15, 0.2) is 0 Å². The smallest absolute Gasteiger partial charge is 0.0469 e. The summed E-state index contributed by atoms with van der Waals surface area (Å²) in [6.07, 6.45) is 6.21. The Morgan fingerprint density at radius 1 is 1.25 bits per heavy atom. The third-order valence-electron chi connectivity index (χ3n) is 4.33. The molecule has 20 heavy (non-hydrogen) atoms. The zero-order valence-corrected chi connectivity index (χ0v) is 13.3. The maximum Gasteiger partial charge on any atom is 0.0469 e. The van der Waals surface area contributed by atoms with Crippen LogP contribution in [0.3, 0.4) is 0 Å². The van der Waals surface area contributed by atoms with Crippen LogP contribution in [0.4, 0.5) is 0 Å². The average molecular weight is 340 g/mol. The summed E-state index contributed by atoms with van der Waals surface area (Å²) < 4.78 is 6.61. The minimum atomic E-state index is 0.478. The van der Waals surface area contributed by atoms with Crippen LogP contribution in [-0.4, -0.2) is 49.3 Å². The van der Waals surface area contributed by atoms with Crippen LogP contribution in [-0.2, 0) is 4.74 Å². The Balaban J connectivity index is 1.85. The lowest BCUT2D eigenvalue weighted by Crippen LogP contribution is -2.47. The van der Waals surface area contributed by atoms with Gasteiger partial charge in [-0.05, 0) is 46.3 Å². The maximum absolute atomic E-state index is 5.54. The van der Waals surface area contributed by atoms with E-state index < -0.39 is 0 Å². The van der Waals surface area contributed by atoms with Crippen LogP contribution in [0.1, 0.15) is 24.4 Å². The highest BCUT2D eigenvalue weighted by molar-refractivity contribution is 9.10. The molecule has 1 aromatic heterocycles. The molecular formula is C15H22BrN3O. The summed E-state index contributed by atoms with van der Waals surface area (Å²) in [6, 6.07) is 2.71. The zero-order chi connectivity index (χ0) is 13.8. The van der Waals surface area contributed by atoms with E-state index in [0.29, 0.717) is 12.0 Å². The molecule has 0 radical (unpaired) electrons. The number of rotatable bonds is 3. The quantitative estimate of drug-likeness (QED) is 0.916. The van der Waals surface area contributed by atoms with Crippen molar-refractivity contribution in [2.75, 3.05) is 39.4 Å². The molecule has 0 aliphatic carbocycles. The van der Waals surface area contributed by atoms with Crippen molar-refractivity contribution in [2.24, 2.45) is 5.92 Å². The SMILES string of the molecule is Brc1cncc([C@H](C2CCOCC2)N2CCNCC2)c1. The number of ether oxygens (including phenoxy) is 1. The number of piperazine rings is 1. The van der Waals surface area contributed by atoms with Crippen LogP contribution >= 0.6 is 15.9 Å². The van der Waals surface area contributed by atoms with Gasteiger partial charge < -0.3 is 10.1 Å². The summed E-state index contributed by atoms with van der Waals surface area (Å²) in [5, 5.41) is 3.44. The molecule has 0 bridgehead atoms. The molecule has 2 fully saturated rings. The molecule has 3 rings (SSSR count). The number of nitrogens with one attached hydrogen (secondary N) is 1. The van der Waals surface area contributed by atoms with E-state index >= 15 is 0 Å². The third kappa shape index (κ3) is 3.39. The first-order valence-corrected chi connectivity index (χ1v) is 8.27. The Morgan fingerprint density at radius 2 is 2.00 bits per heavy atom. The zero-order valence-electron chi connectivity index (χ0n) is 11.7. The highest BCUT2D eigenvalue weighted by Crippen LogP contribution is 2.35. The van der Waals surface area contributed by atoms with E-state index in [9.17, 15) is 0 Å². The largest absolute Gasteiger partial charge is 0.381 e. The molecule has 2 aliphatic rings. The molecule has 110 valence electrons. The van der Waals surface area contributed by atoms with E-state index in [-0.39, 0.29) is 0 Å². The maximum atomic E-state index is 5.54. The van der Waals surface area contributed by atoms with Crippen molar-refractivity contribution >= 4 is 15.9 Å². The minimum absolute atomic E-state index is 0.478. The Morgan fingerprint density at radius 3 is 2.70 bits per heavy atom. The molecule has 5 heteroatoms. The van der Waals surface area contributed by atoms with Crippen LogP contribution in [0.15, 0.2) is 22.9 Å². The summed E-state index contributed by atoms with van der Waals surface area (Å²) in [6.45, 7) is 6.20. The molecule has 2 saturated heterocycles. The number of hydrogen-bond donors (Lipinski definition) is 1. The monoisotopic (exact) mass is 339 g/mol. The minimum Gasteiger partial charge on any atom is -0.381 e. The first kappa shape index (κ1) is 14.4. The predicted octanol–water partition coefficient (Wildman–Crippen LogP) is 2.22. The third-order valence-corrected chi connectivity index (χ3v) is 4.76. The summed E-state index contributed by atoms with van der Waals surface area (Å²) in [5.74, 6) is 0.679. The Hall–Kier alpha value is -0.490. The Kier molecular flexibility index (Phi) is 5.04. The molecule has 0 aromatic carbocycles. The Labute approximate surface area is 129 Å². The normalized spacial score (nSPS) is 23.6. The molecule has 1 aromatic rings. The number of aromatic nitrogens is 1. The van der Waals surface area contributed by atoms with Gasteiger partial charge in [0.1, 0.15) is 0 Å². The van der Waals surface area contributed by atoms with Gasteiger partial charge in [-0.15, -0.1) is 0 Å². The van der Waals surface area contributed by atoms with Gasteiger partial charge >= 0.3 is 0 Å². The number of halogens is 1. The molecule has 0 unspecified atom stereocenters. The fourth-order valence-electron chi connectivity index (χ4n) is 3.36. The van der Waals surface area contributed by atoms with Gasteiger partial charge in [0.25, 0.3) is 0 Å². The van der Waals surface area contributed by atoms with Crippen molar-refractivity contribution in [1.82, 2.24) is 15.2 Å². The number of nitrogens with zero attached hydrogens (tertiary/aromatic N) is 2. The lowest BCUT2D eigenvalue weighted by atomic mass is 9.86. The molecule has 3 heterocycles. The van der Waals surface area contributed by atoms with Crippen molar-refractivity contribution < 1.29 is 4.74 Å². The molecule has 0 spiro atoms. The topological polar surface area (TPSA) is 37.4 Å². The molecule has 1 N–H and O–H groups in total. The second kappa shape index (κ2) is 6.98. The molecule has 4 nitrogen and oxygen atoms in total. The first-order valence-electron chi connectivity index (χ1n) is 7.47. The second-order valence-electron chi connectivity index (χ2n) is 5.62. The van der Waals surface area contributed by atoms with E-state index in [1.54, 1.807) is 0 Å². The standard InChI is InChI=1S/C15H22BrN3O/c16-14-9-13(10-18-11-14)15(12-1-7-20-8-2-12)19-5-3-17-4-6-19/h9-12,15,17H,1-8H2/t15-/m0/s1. The summed E-state index contributed by atoms with van der Waals surface area (Å²) in [7, 11) is 0.